The van der Waals surface area contributed by atoms with Crippen LogP contribution in [-0.2, 0) is 0 Å². The molecule has 0 bridgehead atoms. The van der Waals surface area contributed by atoms with Gasteiger partial charge in [-0.05, 0) is 71.4 Å². The monoisotopic (exact) mass is 515 g/mol. The van der Waals surface area contributed by atoms with Crippen LogP contribution in [0.1, 0.15) is 13.8 Å². The molecule has 0 atom stereocenters. The molecule has 0 aliphatic rings. The summed E-state index contributed by atoms with van der Waals surface area (Å²) in [4.78, 5) is 5.11. The van der Waals surface area contributed by atoms with Gasteiger partial charge in [0.2, 0.25) is 0 Å². The average Bonchev–Trinajstić information content (AvgIpc) is 3.59. The number of fused-ring (bicyclic) bond motifs is 5. The number of pyridine rings is 1. The number of hydrogen-bond acceptors (Lipinski definition) is 1. The van der Waals surface area contributed by atoms with E-state index in [9.17, 15) is 0 Å². The van der Waals surface area contributed by atoms with Gasteiger partial charge >= 0.3 is 0 Å². The van der Waals surface area contributed by atoms with E-state index in [0.717, 1.165) is 22.6 Å². The Balaban J connectivity index is 0.00000130. The van der Waals surface area contributed by atoms with E-state index in [4.69, 9.17) is 4.98 Å². The van der Waals surface area contributed by atoms with Crippen LogP contribution in [0, 0.1) is 0 Å². The Bertz CT molecular complexity index is 2120. The minimum absolute atomic E-state index is 0.924. The standard InChI is InChI=1S/C35H23N3.C2H6/c1-3-10-24(11-4-1)31-15-9-17-35(36-31)38-32-16-8-7-14-29(32)30-21-27-22-33-25(20-26(27)23-34(30)38)18-19-37(33)28-12-5-2-6-13-28;1-2/h1-23H;1-2H3. The van der Waals surface area contributed by atoms with E-state index in [1.807, 2.05) is 19.9 Å². The second kappa shape index (κ2) is 9.87. The smallest absolute Gasteiger partial charge is 0.138 e. The molecule has 8 rings (SSSR count). The summed E-state index contributed by atoms with van der Waals surface area (Å²) >= 11 is 0. The van der Waals surface area contributed by atoms with Gasteiger partial charge in [0, 0.05) is 33.6 Å². The predicted molar refractivity (Wildman–Crippen MR) is 170 cm³/mol. The van der Waals surface area contributed by atoms with Crippen LogP contribution in [0.3, 0.4) is 0 Å². The van der Waals surface area contributed by atoms with E-state index in [1.54, 1.807) is 0 Å². The topological polar surface area (TPSA) is 22.8 Å². The molecule has 3 heteroatoms. The lowest BCUT2D eigenvalue weighted by Crippen LogP contribution is -1.98. The van der Waals surface area contributed by atoms with Gasteiger partial charge in [-0.2, -0.15) is 0 Å². The van der Waals surface area contributed by atoms with Crippen LogP contribution in [0.2, 0.25) is 0 Å². The van der Waals surface area contributed by atoms with Gasteiger partial charge in [0.1, 0.15) is 5.82 Å². The van der Waals surface area contributed by atoms with Crippen molar-refractivity contribution in [2.75, 3.05) is 0 Å². The van der Waals surface area contributed by atoms with Crippen LogP contribution in [0.15, 0.2) is 140 Å². The largest absolute Gasteiger partial charge is 0.317 e. The number of nitrogens with zero attached hydrogens (tertiary/aromatic N) is 3. The van der Waals surface area contributed by atoms with Crippen LogP contribution in [-0.4, -0.2) is 14.1 Å². The van der Waals surface area contributed by atoms with E-state index in [0.29, 0.717) is 0 Å². The van der Waals surface area contributed by atoms with E-state index in [-0.39, 0.29) is 0 Å². The third-order valence-electron chi connectivity index (χ3n) is 7.51. The number of aromatic nitrogens is 3. The molecule has 0 unspecified atom stereocenters. The first-order chi connectivity index (χ1) is 19.8. The Morgan fingerprint density at radius 1 is 0.500 bits per heavy atom. The zero-order valence-corrected chi connectivity index (χ0v) is 22.6. The summed E-state index contributed by atoms with van der Waals surface area (Å²) in [6, 6.07) is 47.3. The third kappa shape index (κ3) is 3.87. The molecule has 0 spiro atoms. The van der Waals surface area contributed by atoms with Crippen molar-refractivity contribution in [3.8, 4) is 22.8 Å². The highest BCUT2D eigenvalue weighted by Crippen LogP contribution is 2.36. The van der Waals surface area contributed by atoms with Crippen LogP contribution < -0.4 is 0 Å². The molecule has 3 aromatic heterocycles. The van der Waals surface area contributed by atoms with Crippen molar-refractivity contribution in [2.45, 2.75) is 13.8 Å². The van der Waals surface area contributed by atoms with Crippen molar-refractivity contribution in [3.63, 3.8) is 0 Å². The number of para-hydroxylation sites is 2. The fraction of sp³-hybridized carbons (Fsp3) is 0.0541. The van der Waals surface area contributed by atoms with Gasteiger partial charge in [0.05, 0.1) is 22.2 Å². The maximum absolute atomic E-state index is 5.11. The summed E-state index contributed by atoms with van der Waals surface area (Å²) < 4.78 is 4.57. The molecule has 3 heterocycles. The zero-order chi connectivity index (χ0) is 27.1. The fourth-order valence-electron chi connectivity index (χ4n) is 5.73. The molecular formula is C37H29N3. The highest BCUT2D eigenvalue weighted by Gasteiger charge is 2.15. The van der Waals surface area contributed by atoms with Crippen molar-refractivity contribution < 1.29 is 0 Å². The SMILES string of the molecule is CC.c1ccc(-c2cccc(-n3c4ccccc4c4cc5cc6c(ccn6-c6ccccc6)cc5cc43)n2)cc1. The van der Waals surface area contributed by atoms with E-state index < -0.39 is 0 Å². The lowest BCUT2D eigenvalue weighted by atomic mass is 10.0. The van der Waals surface area contributed by atoms with Crippen molar-refractivity contribution in [1.29, 1.82) is 0 Å². The molecule has 0 saturated carbocycles. The molecule has 8 aromatic rings. The molecule has 0 radical (unpaired) electrons. The van der Waals surface area contributed by atoms with Crippen molar-refractivity contribution in [1.82, 2.24) is 14.1 Å². The van der Waals surface area contributed by atoms with Gasteiger partial charge in [-0.15, -0.1) is 0 Å². The first-order valence-electron chi connectivity index (χ1n) is 13.9. The highest BCUT2D eigenvalue weighted by atomic mass is 15.1. The normalized spacial score (nSPS) is 11.2. The summed E-state index contributed by atoms with van der Waals surface area (Å²) in [5.41, 5.74) is 6.80. The van der Waals surface area contributed by atoms with Crippen LogP contribution in [0.25, 0.3) is 66.2 Å². The molecule has 40 heavy (non-hydrogen) atoms. The quantitative estimate of drug-likeness (QED) is 0.229. The maximum Gasteiger partial charge on any atom is 0.138 e. The van der Waals surface area contributed by atoms with E-state index in [1.165, 1.54) is 43.7 Å². The van der Waals surface area contributed by atoms with Crippen LogP contribution in [0.4, 0.5) is 0 Å². The summed E-state index contributed by atoms with van der Waals surface area (Å²) in [5, 5.41) is 6.15. The number of rotatable bonds is 3. The van der Waals surface area contributed by atoms with Crippen LogP contribution >= 0.6 is 0 Å². The number of benzene rings is 5. The minimum Gasteiger partial charge on any atom is -0.317 e. The molecule has 0 fully saturated rings. The summed E-state index contributed by atoms with van der Waals surface area (Å²) in [5.74, 6) is 0.924. The molecule has 3 nitrogen and oxygen atoms in total. The Kier molecular flexibility index (Phi) is 5.90. The zero-order valence-electron chi connectivity index (χ0n) is 22.6. The Morgan fingerprint density at radius 2 is 1.20 bits per heavy atom. The Labute approximate surface area is 233 Å². The Morgan fingerprint density at radius 3 is 2.02 bits per heavy atom. The maximum atomic E-state index is 5.11. The molecule has 0 N–H and O–H groups in total. The van der Waals surface area contributed by atoms with Crippen molar-refractivity contribution in [2.24, 2.45) is 0 Å². The average molecular weight is 516 g/mol. The first kappa shape index (κ1) is 23.9. The highest BCUT2D eigenvalue weighted by molar-refractivity contribution is 6.14. The molecule has 5 aromatic carbocycles. The first-order valence-corrected chi connectivity index (χ1v) is 13.9. The van der Waals surface area contributed by atoms with E-state index >= 15 is 0 Å². The predicted octanol–water partition coefficient (Wildman–Crippen LogP) is 9.97. The second-order valence-electron chi connectivity index (χ2n) is 9.75. The van der Waals surface area contributed by atoms with Gasteiger partial charge in [-0.1, -0.05) is 86.6 Å². The molecule has 192 valence electrons. The van der Waals surface area contributed by atoms with Gasteiger partial charge in [0.25, 0.3) is 0 Å². The lowest BCUT2D eigenvalue weighted by molar-refractivity contribution is 1.08. The van der Waals surface area contributed by atoms with Gasteiger partial charge in [-0.3, -0.25) is 4.57 Å². The van der Waals surface area contributed by atoms with Gasteiger partial charge in [-0.25, -0.2) is 4.98 Å². The second-order valence-corrected chi connectivity index (χ2v) is 9.75. The molecular weight excluding hydrogens is 486 g/mol. The van der Waals surface area contributed by atoms with E-state index in [2.05, 4.69) is 143 Å². The fourth-order valence-corrected chi connectivity index (χ4v) is 5.73. The molecule has 0 amide bonds. The summed E-state index contributed by atoms with van der Waals surface area (Å²) in [7, 11) is 0. The molecule has 0 saturated heterocycles. The molecule has 0 aliphatic heterocycles. The molecule has 0 aliphatic carbocycles. The van der Waals surface area contributed by atoms with Gasteiger partial charge < -0.3 is 4.57 Å². The number of hydrogen-bond donors (Lipinski definition) is 0. The van der Waals surface area contributed by atoms with Gasteiger partial charge in [0.15, 0.2) is 0 Å². The summed E-state index contributed by atoms with van der Waals surface area (Å²) in [6.07, 6.45) is 2.16. The minimum atomic E-state index is 0.924. The third-order valence-corrected chi connectivity index (χ3v) is 7.51. The Hall–Kier alpha value is -5.15. The van der Waals surface area contributed by atoms with Crippen molar-refractivity contribution in [3.05, 3.63) is 140 Å². The van der Waals surface area contributed by atoms with Crippen LogP contribution in [0.5, 0.6) is 0 Å². The van der Waals surface area contributed by atoms with Crippen molar-refractivity contribution >= 4 is 43.5 Å². The lowest BCUT2D eigenvalue weighted by Gasteiger charge is -2.10. The summed E-state index contributed by atoms with van der Waals surface area (Å²) in [6.45, 7) is 4.00.